The lowest BCUT2D eigenvalue weighted by atomic mass is 10.2. The quantitative estimate of drug-likeness (QED) is 0.834. The van der Waals surface area contributed by atoms with Gasteiger partial charge in [-0.3, -0.25) is 4.79 Å². The van der Waals surface area contributed by atoms with E-state index in [9.17, 15) is 14.7 Å². The Morgan fingerprint density at radius 1 is 1.35 bits per heavy atom. The molecule has 1 heterocycles. The second-order valence-electron chi connectivity index (χ2n) is 4.89. The maximum absolute atomic E-state index is 12.0. The number of nitrogens with zero attached hydrogens (tertiary/aromatic N) is 1. The van der Waals surface area contributed by atoms with Crippen molar-refractivity contribution in [3.63, 3.8) is 0 Å². The van der Waals surface area contributed by atoms with E-state index in [4.69, 9.17) is 9.84 Å². The molecule has 1 amide bonds. The predicted molar refractivity (Wildman–Crippen MR) is 70.4 cm³/mol. The number of β-amino-alcohol motifs (C(OH)–C–C–N with tert-alkyl or cyclic N) is 1. The molecule has 1 aliphatic heterocycles. The molecule has 108 valence electrons. The summed E-state index contributed by atoms with van der Waals surface area (Å²) in [6.07, 6.45) is -0.731. The van der Waals surface area contributed by atoms with Crippen LogP contribution in [-0.4, -0.2) is 52.3 Å². The van der Waals surface area contributed by atoms with Crippen LogP contribution in [0.4, 0.5) is 0 Å². The standard InChI is InChI=1S/C14H17NO5/c1-9-2-4-11(5-3-9)20-8-13(17)15-7-10(16)6-12(15)14(18)19/h2-5,10,12,16H,6-8H2,1H3,(H,18,19). The van der Waals surface area contributed by atoms with Crippen LogP contribution in [0, 0.1) is 6.92 Å². The minimum atomic E-state index is -1.11. The largest absolute Gasteiger partial charge is 0.484 e. The Morgan fingerprint density at radius 2 is 2.00 bits per heavy atom. The van der Waals surface area contributed by atoms with Gasteiger partial charge in [-0.25, -0.2) is 4.79 Å². The van der Waals surface area contributed by atoms with Gasteiger partial charge in [-0.2, -0.15) is 0 Å². The Labute approximate surface area is 116 Å². The van der Waals surface area contributed by atoms with Crippen molar-refractivity contribution in [2.24, 2.45) is 0 Å². The normalized spacial score (nSPS) is 21.8. The highest BCUT2D eigenvalue weighted by Gasteiger charge is 2.38. The summed E-state index contributed by atoms with van der Waals surface area (Å²) in [6, 6.07) is 6.24. The highest BCUT2D eigenvalue weighted by atomic mass is 16.5. The van der Waals surface area contributed by atoms with Gasteiger partial charge in [-0.05, 0) is 19.1 Å². The SMILES string of the molecule is Cc1ccc(OCC(=O)N2CC(O)CC2C(=O)O)cc1. The van der Waals surface area contributed by atoms with E-state index in [2.05, 4.69) is 0 Å². The summed E-state index contributed by atoms with van der Waals surface area (Å²) in [6.45, 7) is 1.74. The molecular formula is C14H17NO5. The molecule has 0 radical (unpaired) electrons. The molecule has 1 saturated heterocycles. The Morgan fingerprint density at radius 3 is 2.60 bits per heavy atom. The molecule has 0 aliphatic carbocycles. The van der Waals surface area contributed by atoms with Crippen molar-refractivity contribution < 1.29 is 24.5 Å². The molecule has 1 aromatic carbocycles. The number of carbonyl (C=O) groups is 2. The zero-order valence-electron chi connectivity index (χ0n) is 11.2. The zero-order valence-corrected chi connectivity index (χ0v) is 11.2. The number of benzene rings is 1. The smallest absolute Gasteiger partial charge is 0.326 e. The van der Waals surface area contributed by atoms with Gasteiger partial charge in [-0.1, -0.05) is 17.7 Å². The third-order valence-electron chi connectivity index (χ3n) is 3.27. The first kappa shape index (κ1) is 14.3. The first-order valence-corrected chi connectivity index (χ1v) is 6.37. The lowest BCUT2D eigenvalue weighted by molar-refractivity contribution is -0.148. The van der Waals surface area contributed by atoms with E-state index in [-0.39, 0.29) is 19.6 Å². The molecule has 6 nitrogen and oxygen atoms in total. The summed E-state index contributed by atoms with van der Waals surface area (Å²) in [5, 5.41) is 18.5. The van der Waals surface area contributed by atoms with Crippen LogP contribution in [-0.2, 0) is 9.59 Å². The summed E-state index contributed by atoms with van der Waals surface area (Å²) >= 11 is 0. The second kappa shape index (κ2) is 5.92. The molecular weight excluding hydrogens is 262 g/mol. The zero-order chi connectivity index (χ0) is 14.7. The molecule has 1 aromatic rings. The number of hydrogen-bond donors (Lipinski definition) is 2. The van der Waals surface area contributed by atoms with Gasteiger partial charge in [0.25, 0.3) is 5.91 Å². The minimum absolute atomic E-state index is 0.0348. The Kier molecular flexibility index (Phi) is 4.24. The maximum Gasteiger partial charge on any atom is 0.326 e. The molecule has 1 fully saturated rings. The number of hydrogen-bond acceptors (Lipinski definition) is 4. The number of aryl methyl sites for hydroxylation is 1. The predicted octanol–water partition coefficient (Wildman–Crippen LogP) is 0.420. The molecule has 20 heavy (non-hydrogen) atoms. The van der Waals surface area contributed by atoms with Gasteiger partial charge >= 0.3 is 5.97 Å². The number of amides is 1. The van der Waals surface area contributed by atoms with E-state index in [0.29, 0.717) is 5.75 Å². The van der Waals surface area contributed by atoms with Crippen LogP contribution >= 0.6 is 0 Å². The van der Waals surface area contributed by atoms with Crippen LogP contribution in [0.25, 0.3) is 0 Å². The van der Waals surface area contributed by atoms with E-state index < -0.39 is 24.0 Å². The van der Waals surface area contributed by atoms with Crippen molar-refractivity contribution in [2.45, 2.75) is 25.5 Å². The van der Waals surface area contributed by atoms with Gasteiger partial charge < -0.3 is 19.8 Å². The summed E-state index contributed by atoms with van der Waals surface area (Å²) in [4.78, 5) is 24.2. The molecule has 2 N–H and O–H groups in total. The Hall–Kier alpha value is -2.08. The van der Waals surface area contributed by atoms with Crippen molar-refractivity contribution in [1.29, 1.82) is 0 Å². The van der Waals surface area contributed by atoms with Gasteiger partial charge in [0.05, 0.1) is 6.10 Å². The lowest BCUT2D eigenvalue weighted by Gasteiger charge is -2.21. The van der Waals surface area contributed by atoms with E-state index in [0.717, 1.165) is 10.5 Å². The van der Waals surface area contributed by atoms with Crippen LogP contribution in [0.2, 0.25) is 0 Å². The van der Waals surface area contributed by atoms with Crippen LogP contribution in [0.1, 0.15) is 12.0 Å². The van der Waals surface area contributed by atoms with Crippen molar-refractivity contribution in [3.8, 4) is 5.75 Å². The lowest BCUT2D eigenvalue weighted by Crippen LogP contribution is -2.42. The summed E-state index contributed by atoms with van der Waals surface area (Å²) in [7, 11) is 0. The topological polar surface area (TPSA) is 87.1 Å². The number of likely N-dealkylation sites (tertiary alicyclic amines) is 1. The molecule has 0 bridgehead atoms. The van der Waals surface area contributed by atoms with Crippen LogP contribution in [0.3, 0.4) is 0 Å². The molecule has 0 saturated carbocycles. The maximum atomic E-state index is 12.0. The molecule has 0 spiro atoms. The van der Waals surface area contributed by atoms with E-state index in [1.165, 1.54) is 0 Å². The molecule has 6 heteroatoms. The number of aliphatic hydroxyl groups is 1. The monoisotopic (exact) mass is 279 g/mol. The fraction of sp³-hybridized carbons (Fsp3) is 0.429. The Bertz CT molecular complexity index is 499. The van der Waals surface area contributed by atoms with Gasteiger partial charge in [0.15, 0.2) is 6.61 Å². The number of aliphatic carboxylic acids is 1. The first-order chi connectivity index (χ1) is 9.47. The highest BCUT2D eigenvalue weighted by Crippen LogP contribution is 2.19. The minimum Gasteiger partial charge on any atom is -0.484 e. The fourth-order valence-corrected chi connectivity index (χ4v) is 2.19. The average molecular weight is 279 g/mol. The van der Waals surface area contributed by atoms with Gasteiger partial charge in [0.2, 0.25) is 0 Å². The number of ether oxygens (including phenoxy) is 1. The average Bonchev–Trinajstić information content (AvgIpc) is 2.80. The highest BCUT2D eigenvalue weighted by molar-refractivity contribution is 5.85. The van der Waals surface area contributed by atoms with E-state index in [1.807, 2.05) is 19.1 Å². The second-order valence-corrected chi connectivity index (χ2v) is 4.89. The van der Waals surface area contributed by atoms with Crippen molar-refractivity contribution in [3.05, 3.63) is 29.8 Å². The van der Waals surface area contributed by atoms with E-state index >= 15 is 0 Å². The van der Waals surface area contributed by atoms with Crippen molar-refractivity contribution in [2.75, 3.05) is 13.2 Å². The van der Waals surface area contributed by atoms with Crippen LogP contribution in [0.15, 0.2) is 24.3 Å². The van der Waals surface area contributed by atoms with Crippen LogP contribution < -0.4 is 4.74 Å². The summed E-state index contributed by atoms with van der Waals surface area (Å²) in [5.41, 5.74) is 1.08. The van der Waals surface area contributed by atoms with Crippen molar-refractivity contribution in [1.82, 2.24) is 4.90 Å². The Balaban J connectivity index is 1.94. The number of rotatable bonds is 4. The summed E-state index contributed by atoms with van der Waals surface area (Å²) in [5.74, 6) is -0.990. The van der Waals surface area contributed by atoms with Gasteiger partial charge in [0.1, 0.15) is 11.8 Å². The number of carboxylic acid groups (broad SMARTS) is 1. The molecule has 2 unspecified atom stereocenters. The first-order valence-electron chi connectivity index (χ1n) is 6.37. The van der Waals surface area contributed by atoms with E-state index in [1.54, 1.807) is 12.1 Å². The third-order valence-corrected chi connectivity index (χ3v) is 3.27. The summed E-state index contributed by atoms with van der Waals surface area (Å²) < 4.78 is 5.33. The van der Waals surface area contributed by atoms with Gasteiger partial charge in [-0.15, -0.1) is 0 Å². The molecule has 2 rings (SSSR count). The molecule has 1 aliphatic rings. The fourth-order valence-electron chi connectivity index (χ4n) is 2.19. The van der Waals surface area contributed by atoms with Gasteiger partial charge in [0, 0.05) is 13.0 Å². The number of carbonyl (C=O) groups excluding carboxylic acids is 1. The van der Waals surface area contributed by atoms with Crippen molar-refractivity contribution >= 4 is 11.9 Å². The molecule has 0 aromatic heterocycles. The number of carboxylic acids is 1. The number of aliphatic hydroxyl groups excluding tert-OH is 1. The van der Waals surface area contributed by atoms with Crippen LogP contribution in [0.5, 0.6) is 5.75 Å². The third kappa shape index (κ3) is 3.27. The molecule has 2 atom stereocenters.